The molecule has 0 bridgehead atoms. The van der Waals surface area contributed by atoms with E-state index in [-0.39, 0.29) is 23.8 Å². The minimum absolute atomic E-state index is 0.0162. The Balaban J connectivity index is 1.61. The summed E-state index contributed by atoms with van der Waals surface area (Å²) in [5.41, 5.74) is 1.32. The lowest BCUT2D eigenvalue weighted by molar-refractivity contribution is -0.148. The molecule has 1 atom stereocenters. The van der Waals surface area contributed by atoms with Gasteiger partial charge in [0.25, 0.3) is 5.91 Å². The minimum Gasteiger partial charge on any atom is -0.383 e. The summed E-state index contributed by atoms with van der Waals surface area (Å²) in [6.07, 6.45) is 2.21. The van der Waals surface area contributed by atoms with Crippen LogP contribution in [0, 0.1) is 0 Å². The molecule has 0 aromatic heterocycles. The molecule has 0 saturated carbocycles. The van der Waals surface area contributed by atoms with Crippen LogP contribution in [0.25, 0.3) is 0 Å². The van der Waals surface area contributed by atoms with Crippen molar-refractivity contribution in [1.29, 1.82) is 0 Å². The summed E-state index contributed by atoms with van der Waals surface area (Å²) in [5.74, 6) is -0.316. The van der Waals surface area contributed by atoms with Gasteiger partial charge in [-0.05, 0) is 31.2 Å². The summed E-state index contributed by atoms with van der Waals surface area (Å²) in [6, 6.07) is 10.3. The molecule has 1 aromatic carbocycles. The zero-order valence-electron chi connectivity index (χ0n) is 14.3. The molecule has 5 nitrogen and oxygen atoms in total. The highest BCUT2D eigenvalue weighted by molar-refractivity contribution is 5.87. The molecule has 2 fully saturated rings. The van der Waals surface area contributed by atoms with Crippen molar-refractivity contribution < 1.29 is 14.7 Å². The van der Waals surface area contributed by atoms with Crippen molar-refractivity contribution in [1.82, 2.24) is 9.80 Å². The normalized spacial score (nSPS) is 23.6. The molecule has 0 radical (unpaired) electrons. The number of benzene rings is 1. The van der Waals surface area contributed by atoms with E-state index < -0.39 is 6.10 Å². The van der Waals surface area contributed by atoms with Crippen LogP contribution in [0.2, 0.25) is 0 Å². The quantitative estimate of drug-likeness (QED) is 0.911. The fourth-order valence-corrected chi connectivity index (χ4v) is 3.77. The Hall–Kier alpha value is -1.88. The third-order valence-electron chi connectivity index (χ3n) is 5.48. The molecule has 2 amide bonds. The zero-order chi connectivity index (χ0) is 17.2. The number of rotatable bonds is 4. The molecule has 5 heteroatoms. The molecule has 1 aromatic rings. The Morgan fingerprint density at radius 1 is 1.25 bits per heavy atom. The third-order valence-corrected chi connectivity index (χ3v) is 5.48. The predicted molar refractivity (Wildman–Crippen MR) is 91.4 cm³/mol. The summed E-state index contributed by atoms with van der Waals surface area (Å²) in [4.78, 5) is 28.0. The van der Waals surface area contributed by atoms with Crippen molar-refractivity contribution in [3.8, 4) is 0 Å². The minimum atomic E-state index is -0.948. The van der Waals surface area contributed by atoms with Crippen molar-refractivity contribution in [2.75, 3.05) is 26.2 Å². The first-order chi connectivity index (χ1) is 11.6. The Morgan fingerprint density at radius 2 is 1.96 bits per heavy atom. The molecule has 3 rings (SSSR count). The van der Waals surface area contributed by atoms with Gasteiger partial charge in [0, 0.05) is 25.0 Å². The van der Waals surface area contributed by atoms with Gasteiger partial charge in [-0.15, -0.1) is 0 Å². The molecular weight excluding hydrogens is 304 g/mol. The van der Waals surface area contributed by atoms with Gasteiger partial charge in [-0.25, -0.2) is 0 Å². The van der Waals surface area contributed by atoms with Crippen LogP contribution in [0.15, 0.2) is 30.3 Å². The van der Waals surface area contributed by atoms with E-state index in [9.17, 15) is 14.7 Å². The highest BCUT2D eigenvalue weighted by Gasteiger charge is 2.45. The molecule has 0 spiro atoms. The fourth-order valence-electron chi connectivity index (χ4n) is 3.77. The predicted octanol–water partition coefficient (Wildman–Crippen LogP) is 1.55. The fraction of sp³-hybridized carbons (Fsp3) is 0.579. The zero-order valence-corrected chi connectivity index (χ0v) is 14.3. The van der Waals surface area contributed by atoms with Gasteiger partial charge in [-0.3, -0.25) is 9.59 Å². The van der Waals surface area contributed by atoms with Crippen molar-refractivity contribution in [2.24, 2.45) is 0 Å². The van der Waals surface area contributed by atoms with E-state index in [1.165, 1.54) is 10.5 Å². The van der Waals surface area contributed by atoms with Gasteiger partial charge < -0.3 is 14.9 Å². The Bertz CT molecular complexity index is 596. The smallest absolute Gasteiger partial charge is 0.251 e. The van der Waals surface area contributed by atoms with Gasteiger partial charge >= 0.3 is 0 Å². The molecule has 2 heterocycles. The lowest BCUT2D eigenvalue weighted by Crippen LogP contribution is -2.62. The van der Waals surface area contributed by atoms with Crippen molar-refractivity contribution >= 4 is 11.8 Å². The van der Waals surface area contributed by atoms with Crippen LogP contribution in [0.1, 0.15) is 38.2 Å². The average Bonchev–Trinajstić information content (AvgIpc) is 2.71. The Labute approximate surface area is 143 Å². The number of nitrogens with zero attached hydrogens (tertiary/aromatic N) is 2. The molecule has 1 unspecified atom stereocenters. The van der Waals surface area contributed by atoms with Crippen LogP contribution in [-0.2, 0) is 15.0 Å². The van der Waals surface area contributed by atoms with Crippen LogP contribution in [-0.4, -0.2) is 59.0 Å². The third kappa shape index (κ3) is 3.18. The molecule has 2 aliphatic heterocycles. The van der Waals surface area contributed by atoms with Crippen LogP contribution >= 0.6 is 0 Å². The largest absolute Gasteiger partial charge is 0.383 e. The van der Waals surface area contributed by atoms with E-state index >= 15 is 0 Å². The highest BCUT2D eigenvalue weighted by atomic mass is 16.3. The first-order valence-electron chi connectivity index (χ1n) is 8.86. The van der Waals surface area contributed by atoms with Crippen molar-refractivity contribution in [2.45, 2.75) is 44.1 Å². The second-order valence-electron chi connectivity index (χ2n) is 7.02. The summed E-state index contributed by atoms with van der Waals surface area (Å²) in [6.45, 7) is 4.22. The summed E-state index contributed by atoms with van der Waals surface area (Å²) < 4.78 is 0. The van der Waals surface area contributed by atoms with Gasteiger partial charge in [-0.2, -0.15) is 0 Å². The standard InChI is InChI=1S/C19H26N2O3/c1-2-19(15-8-4-3-5-9-15)13-21(14-19)17(23)12-20-11-7-6-10-16(22)18(20)24/h3-5,8-9,16,22H,2,6-7,10-14H2,1H3. The van der Waals surface area contributed by atoms with E-state index in [0.29, 0.717) is 26.1 Å². The van der Waals surface area contributed by atoms with E-state index in [1.54, 1.807) is 0 Å². The van der Waals surface area contributed by atoms with Gasteiger partial charge in [0.2, 0.25) is 5.91 Å². The molecular formula is C19H26N2O3. The van der Waals surface area contributed by atoms with E-state index in [1.807, 2.05) is 23.1 Å². The number of hydrogen-bond acceptors (Lipinski definition) is 3. The van der Waals surface area contributed by atoms with Crippen LogP contribution in [0.5, 0.6) is 0 Å². The van der Waals surface area contributed by atoms with Crippen molar-refractivity contribution in [3.05, 3.63) is 35.9 Å². The SMILES string of the molecule is CCC1(c2ccccc2)CN(C(=O)CN2CCCCC(O)C2=O)C1. The number of aliphatic hydroxyl groups excluding tert-OH is 1. The van der Waals surface area contributed by atoms with Gasteiger partial charge in [0.1, 0.15) is 6.10 Å². The Kier molecular flexibility index (Phi) is 4.90. The lowest BCUT2D eigenvalue weighted by atomic mass is 9.71. The first kappa shape index (κ1) is 17.0. The Morgan fingerprint density at radius 3 is 2.62 bits per heavy atom. The van der Waals surface area contributed by atoms with Crippen LogP contribution < -0.4 is 0 Å². The molecule has 0 aliphatic carbocycles. The molecule has 2 aliphatic rings. The second-order valence-corrected chi connectivity index (χ2v) is 7.02. The van der Waals surface area contributed by atoms with E-state index in [4.69, 9.17) is 0 Å². The van der Waals surface area contributed by atoms with Gasteiger partial charge in [0.15, 0.2) is 0 Å². The number of carbonyl (C=O) groups excluding carboxylic acids is 2. The topological polar surface area (TPSA) is 60.9 Å². The maximum absolute atomic E-state index is 12.5. The molecule has 2 saturated heterocycles. The average molecular weight is 330 g/mol. The number of likely N-dealkylation sites (tertiary alicyclic amines) is 2. The van der Waals surface area contributed by atoms with Crippen LogP contribution in [0.3, 0.4) is 0 Å². The second kappa shape index (κ2) is 6.93. The highest BCUT2D eigenvalue weighted by Crippen LogP contribution is 2.37. The van der Waals surface area contributed by atoms with Gasteiger partial charge in [-0.1, -0.05) is 37.3 Å². The first-order valence-corrected chi connectivity index (χ1v) is 8.86. The molecule has 1 N–H and O–H groups in total. The number of amides is 2. The number of hydrogen-bond donors (Lipinski definition) is 1. The van der Waals surface area contributed by atoms with Gasteiger partial charge in [0.05, 0.1) is 6.54 Å². The lowest BCUT2D eigenvalue weighted by Gasteiger charge is -2.50. The summed E-state index contributed by atoms with van der Waals surface area (Å²) >= 11 is 0. The molecule has 130 valence electrons. The maximum Gasteiger partial charge on any atom is 0.251 e. The van der Waals surface area contributed by atoms with Crippen LogP contribution in [0.4, 0.5) is 0 Å². The van der Waals surface area contributed by atoms with Crippen molar-refractivity contribution in [3.63, 3.8) is 0 Å². The summed E-state index contributed by atoms with van der Waals surface area (Å²) in [7, 11) is 0. The number of carbonyl (C=O) groups is 2. The van der Waals surface area contributed by atoms with E-state index in [0.717, 1.165) is 19.3 Å². The number of aliphatic hydroxyl groups is 1. The van der Waals surface area contributed by atoms with E-state index in [2.05, 4.69) is 19.1 Å². The summed E-state index contributed by atoms with van der Waals surface area (Å²) in [5, 5.41) is 9.80. The molecule has 24 heavy (non-hydrogen) atoms. The monoisotopic (exact) mass is 330 g/mol. The maximum atomic E-state index is 12.5.